The Bertz CT molecular complexity index is 966. The number of likely N-dealkylation sites (tertiary alicyclic amines) is 1. The van der Waals surface area contributed by atoms with Crippen LogP contribution in [-0.4, -0.2) is 53.0 Å². The van der Waals surface area contributed by atoms with Gasteiger partial charge in [-0.25, -0.2) is 4.98 Å². The summed E-state index contributed by atoms with van der Waals surface area (Å²) in [4.78, 5) is 31.5. The minimum absolute atomic E-state index is 0.0365. The molecule has 182 valence electrons. The number of carboxylic acids is 1. The van der Waals surface area contributed by atoms with Crippen molar-refractivity contribution in [3.8, 4) is 0 Å². The van der Waals surface area contributed by atoms with Gasteiger partial charge in [-0.05, 0) is 75.2 Å². The summed E-state index contributed by atoms with van der Waals surface area (Å²) in [5.41, 5.74) is 3.30. The second-order valence-corrected chi connectivity index (χ2v) is 9.51. The molecular weight excluding hydrogens is 428 g/mol. The number of nitrogens with zero attached hydrogens (tertiary/aromatic N) is 2. The number of benzene rings is 1. The van der Waals surface area contributed by atoms with Crippen LogP contribution < -0.4 is 10.6 Å². The number of unbranched alkanes of at least 4 members (excludes halogenated alkanes) is 1. The predicted molar refractivity (Wildman–Crippen MR) is 133 cm³/mol. The number of nitrogens with one attached hydrogen (secondary N) is 2. The minimum Gasteiger partial charge on any atom is -0.481 e. The van der Waals surface area contributed by atoms with Crippen LogP contribution in [-0.2, 0) is 22.4 Å². The summed E-state index contributed by atoms with van der Waals surface area (Å²) in [6.07, 6.45) is 7.14. The Morgan fingerprint density at radius 2 is 2.00 bits per heavy atom. The SMILES string of the molecule is O=C(O)C[C@H](NC(=O)[C@H]1CCCN(CCCCc2ccc3c(n2)NCCC3)C1)c1ccccc1. The molecule has 4 rings (SSSR count). The van der Waals surface area contributed by atoms with Crippen molar-refractivity contribution in [2.24, 2.45) is 5.92 Å². The molecule has 0 bridgehead atoms. The summed E-state index contributed by atoms with van der Waals surface area (Å²) >= 11 is 0. The van der Waals surface area contributed by atoms with Crippen LogP contribution in [0.5, 0.6) is 0 Å². The van der Waals surface area contributed by atoms with E-state index >= 15 is 0 Å². The van der Waals surface area contributed by atoms with Crippen molar-refractivity contribution in [1.82, 2.24) is 15.2 Å². The van der Waals surface area contributed by atoms with Gasteiger partial charge < -0.3 is 20.6 Å². The number of carbonyl (C=O) groups excluding carboxylic acids is 1. The zero-order chi connectivity index (χ0) is 23.8. The highest BCUT2D eigenvalue weighted by Crippen LogP contribution is 2.23. The van der Waals surface area contributed by atoms with Crippen molar-refractivity contribution in [2.75, 3.05) is 31.5 Å². The number of hydrogen-bond acceptors (Lipinski definition) is 5. The molecule has 1 fully saturated rings. The zero-order valence-corrected chi connectivity index (χ0v) is 19.8. The normalized spacial score (nSPS) is 19.0. The smallest absolute Gasteiger partial charge is 0.305 e. The Morgan fingerprint density at radius 1 is 1.15 bits per heavy atom. The molecule has 0 aliphatic carbocycles. The molecule has 2 aliphatic rings. The fraction of sp³-hybridized carbons (Fsp3) is 0.519. The van der Waals surface area contributed by atoms with E-state index in [4.69, 9.17) is 4.98 Å². The quantitative estimate of drug-likeness (QED) is 0.463. The van der Waals surface area contributed by atoms with Crippen LogP contribution >= 0.6 is 0 Å². The number of aromatic nitrogens is 1. The fourth-order valence-corrected chi connectivity index (χ4v) is 5.02. The second-order valence-electron chi connectivity index (χ2n) is 9.51. The minimum atomic E-state index is -0.913. The third-order valence-electron chi connectivity index (χ3n) is 6.88. The van der Waals surface area contributed by atoms with Gasteiger partial charge in [-0.3, -0.25) is 9.59 Å². The van der Waals surface area contributed by atoms with Gasteiger partial charge >= 0.3 is 5.97 Å². The molecule has 0 radical (unpaired) electrons. The Kier molecular flexibility index (Phi) is 8.52. The molecular formula is C27H36N4O3. The predicted octanol–water partition coefficient (Wildman–Crippen LogP) is 3.81. The Morgan fingerprint density at radius 3 is 2.82 bits per heavy atom. The maximum atomic E-state index is 13.0. The number of carboxylic acid groups (broad SMARTS) is 1. The Hall–Kier alpha value is -2.93. The summed E-state index contributed by atoms with van der Waals surface area (Å²) in [6, 6.07) is 13.2. The molecule has 7 nitrogen and oxygen atoms in total. The van der Waals surface area contributed by atoms with Crippen molar-refractivity contribution in [1.29, 1.82) is 0 Å². The maximum Gasteiger partial charge on any atom is 0.305 e. The molecule has 1 amide bonds. The summed E-state index contributed by atoms with van der Waals surface area (Å²) in [6.45, 7) is 3.74. The molecule has 1 saturated heterocycles. The highest BCUT2D eigenvalue weighted by Gasteiger charge is 2.28. The number of piperidine rings is 1. The fourth-order valence-electron chi connectivity index (χ4n) is 5.02. The monoisotopic (exact) mass is 464 g/mol. The van der Waals surface area contributed by atoms with E-state index in [2.05, 4.69) is 27.7 Å². The summed E-state index contributed by atoms with van der Waals surface area (Å²) < 4.78 is 0. The van der Waals surface area contributed by atoms with E-state index in [1.807, 2.05) is 30.3 Å². The van der Waals surface area contributed by atoms with E-state index in [9.17, 15) is 14.7 Å². The van der Waals surface area contributed by atoms with Crippen molar-refractivity contribution in [3.05, 3.63) is 59.3 Å². The van der Waals surface area contributed by atoms with Crippen molar-refractivity contribution >= 4 is 17.7 Å². The van der Waals surface area contributed by atoms with Crippen LogP contribution in [0.4, 0.5) is 5.82 Å². The van der Waals surface area contributed by atoms with Gasteiger partial charge in [0.05, 0.1) is 18.4 Å². The second kappa shape index (κ2) is 12.0. The van der Waals surface area contributed by atoms with E-state index in [1.54, 1.807) is 0 Å². The van der Waals surface area contributed by atoms with Gasteiger partial charge in [0.1, 0.15) is 5.82 Å². The standard InChI is InChI=1S/C27H36N4O3/c32-25(33)18-24(20-8-2-1-3-9-20)30-27(34)22-11-7-17-31(19-22)16-5-4-12-23-14-13-21-10-6-15-28-26(21)29-23/h1-3,8-9,13-14,22,24H,4-7,10-12,15-19H2,(H,28,29)(H,30,34)(H,32,33)/t22-,24-/m0/s1. The van der Waals surface area contributed by atoms with Crippen molar-refractivity contribution < 1.29 is 14.7 Å². The molecule has 2 atom stereocenters. The third-order valence-corrected chi connectivity index (χ3v) is 6.88. The van der Waals surface area contributed by atoms with E-state index in [-0.39, 0.29) is 18.2 Å². The number of hydrogen-bond donors (Lipinski definition) is 3. The number of pyridine rings is 1. The largest absolute Gasteiger partial charge is 0.481 e. The van der Waals surface area contributed by atoms with E-state index in [0.29, 0.717) is 0 Å². The first-order valence-corrected chi connectivity index (χ1v) is 12.6. The summed E-state index contributed by atoms with van der Waals surface area (Å²) in [7, 11) is 0. The molecule has 1 aromatic heterocycles. The van der Waals surface area contributed by atoms with Crippen LogP contribution in [0, 0.1) is 5.92 Å². The molecule has 3 N–H and O–H groups in total. The van der Waals surface area contributed by atoms with E-state index in [1.165, 1.54) is 12.0 Å². The van der Waals surface area contributed by atoms with Gasteiger partial charge in [-0.2, -0.15) is 0 Å². The van der Waals surface area contributed by atoms with Gasteiger partial charge in [0.15, 0.2) is 0 Å². The lowest BCUT2D eigenvalue weighted by Crippen LogP contribution is -2.44. The third kappa shape index (κ3) is 6.79. The molecule has 0 unspecified atom stereocenters. The zero-order valence-electron chi connectivity index (χ0n) is 19.8. The molecule has 3 heterocycles. The molecule has 0 saturated carbocycles. The van der Waals surface area contributed by atoms with Crippen LogP contribution in [0.1, 0.15) is 61.4 Å². The molecule has 1 aromatic carbocycles. The van der Waals surface area contributed by atoms with Gasteiger partial charge in [-0.15, -0.1) is 0 Å². The first kappa shape index (κ1) is 24.2. The number of aliphatic carboxylic acids is 1. The Balaban J connectivity index is 1.23. The lowest BCUT2D eigenvalue weighted by molar-refractivity contribution is -0.138. The molecule has 2 aromatic rings. The van der Waals surface area contributed by atoms with Gasteiger partial charge in [-0.1, -0.05) is 36.4 Å². The van der Waals surface area contributed by atoms with Crippen LogP contribution in [0.3, 0.4) is 0 Å². The van der Waals surface area contributed by atoms with Gasteiger partial charge in [0.25, 0.3) is 0 Å². The van der Waals surface area contributed by atoms with Crippen molar-refractivity contribution in [3.63, 3.8) is 0 Å². The maximum absolute atomic E-state index is 13.0. The molecule has 7 heteroatoms. The van der Waals surface area contributed by atoms with E-state index < -0.39 is 12.0 Å². The Labute approximate surface area is 202 Å². The van der Waals surface area contributed by atoms with Crippen molar-refractivity contribution in [2.45, 2.75) is 57.4 Å². The highest BCUT2D eigenvalue weighted by molar-refractivity contribution is 5.80. The number of aryl methyl sites for hydroxylation is 2. The average molecular weight is 465 g/mol. The molecule has 34 heavy (non-hydrogen) atoms. The topological polar surface area (TPSA) is 94.6 Å². The molecule has 2 aliphatic heterocycles. The highest BCUT2D eigenvalue weighted by atomic mass is 16.4. The van der Waals surface area contributed by atoms with Crippen LogP contribution in [0.2, 0.25) is 0 Å². The van der Waals surface area contributed by atoms with E-state index in [0.717, 1.165) is 81.8 Å². The lowest BCUT2D eigenvalue weighted by atomic mass is 9.95. The number of rotatable bonds is 10. The number of anilines is 1. The van der Waals surface area contributed by atoms with Gasteiger partial charge in [0.2, 0.25) is 5.91 Å². The van der Waals surface area contributed by atoms with Crippen LogP contribution in [0.15, 0.2) is 42.5 Å². The first-order valence-electron chi connectivity index (χ1n) is 12.6. The summed E-state index contributed by atoms with van der Waals surface area (Å²) in [5.74, 6) is 0.0154. The first-order chi connectivity index (χ1) is 16.6. The van der Waals surface area contributed by atoms with Crippen LogP contribution in [0.25, 0.3) is 0 Å². The summed E-state index contributed by atoms with van der Waals surface area (Å²) in [5, 5.41) is 15.7. The number of carbonyl (C=O) groups is 2. The number of amides is 1. The lowest BCUT2D eigenvalue weighted by Gasteiger charge is -2.33. The van der Waals surface area contributed by atoms with Gasteiger partial charge in [0, 0.05) is 18.8 Å². The number of fused-ring (bicyclic) bond motifs is 1. The average Bonchev–Trinajstić information content (AvgIpc) is 2.86. The molecule has 0 spiro atoms.